The molecule has 1 saturated heterocycles. The van der Waals surface area contributed by atoms with Crippen LogP contribution in [0, 0.1) is 0 Å². The molecule has 0 aliphatic carbocycles. The Morgan fingerprint density at radius 1 is 1.24 bits per heavy atom. The van der Waals surface area contributed by atoms with Gasteiger partial charge in [-0.05, 0) is 37.1 Å². The van der Waals surface area contributed by atoms with Crippen LogP contribution in [0.4, 0.5) is 0 Å². The lowest BCUT2D eigenvalue weighted by Crippen LogP contribution is -2.30. The number of benzene rings is 1. The van der Waals surface area contributed by atoms with Crippen molar-refractivity contribution < 1.29 is 13.7 Å². The van der Waals surface area contributed by atoms with Crippen LogP contribution in [0.1, 0.15) is 35.1 Å². The summed E-state index contributed by atoms with van der Waals surface area (Å²) in [6.45, 7) is 0.714. The number of fused-ring (bicyclic) bond motifs is 1. The third kappa shape index (κ3) is 1.93. The van der Waals surface area contributed by atoms with Crippen molar-refractivity contribution in [1.29, 1.82) is 0 Å². The van der Waals surface area contributed by atoms with E-state index in [-0.39, 0.29) is 11.9 Å². The summed E-state index contributed by atoms with van der Waals surface area (Å²) in [5.74, 6) is 0.282. The molecule has 3 heterocycles. The number of carbonyl (C=O) groups excluding carboxylic acids is 1. The average molecular weight is 282 g/mol. The van der Waals surface area contributed by atoms with Gasteiger partial charge >= 0.3 is 0 Å². The fraction of sp³-hybridized carbons (Fsp3) is 0.250. The molecular formula is C16H14N2O3. The summed E-state index contributed by atoms with van der Waals surface area (Å²) >= 11 is 0. The van der Waals surface area contributed by atoms with E-state index in [4.69, 9.17) is 8.94 Å². The lowest BCUT2D eigenvalue weighted by Gasteiger charge is -2.22. The molecular weight excluding hydrogens is 268 g/mol. The number of hydrogen-bond acceptors (Lipinski definition) is 4. The van der Waals surface area contributed by atoms with Crippen molar-refractivity contribution in [3.05, 3.63) is 54.1 Å². The summed E-state index contributed by atoms with van der Waals surface area (Å²) in [6.07, 6.45) is 3.37. The van der Waals surface area contributed by atoms with Crippen LogP contribution in [0.3, 0.4) is 0 Å². The van der Waals surface area contributed by atoms with Crippen molar-refractivity contribution in [1.82, 2.24) is 10.1 Å². The molecule has 1 aliphatic rings. The molecule has 0 bridgehead atoms. The highest BCUT2D eigenvalue weighted by Crippen LogP contribution is 2.36. The van der Waals surface area contributed by atoms with E-state index in [1.807, 2.05) is 29.2 Å². The van der Waals surface area contributed by atoms with Gasteiger partial charge in [0, 0.05) is 11.9 Å². The molecule has 0 N–H and O–H groups in total. The lowest BCUT2D eigenvalue weighted by atomic mass is 10.1. The summed E-state index contributed by atoms with van der Waals surface area (Å²) in [5, 5.41) is 5.17. The van der Waals surface area contributed by atoms with Crippen LogP contribution in [0.5, 0.6) is 0 Å². The highest BCUT2D eigenvalue weighted by atomic mass is 16.5. The van der Waals surface area contributed by atoms with E-state index in [0.29, 0.717) is 12.3 Å². The van der Waals surface area contributed by atoms with E-state index in [9.17, 15) is 4.79 Å². The fourth-order valence-corrected chi connectivity index (χ4v) is 2.98. The second-order valence-corrected chi connectivity index (χ2v) is 5.20. The second-order valence-electron chi connectivity index (χ2n) is 5.20. The molecule has 5 nitrogen and oxygen atoms in total. The molecule has 5 heteroatoms. The third-order valence-electron chi connectivity index (χ3n) is 3.97. The maximum absolute atomic E-state index is 12.5. The normalized spacial score (nSPS) is 18.5. The molecule has 1 aliphatic heterocycles. The molecule has 0 saturated carbocycles. The molecule has 1 aromatic carbocycles. The number of amides is 1. The predicted octanol–water partition coefficient (Wildman–Crippen LogP) is 3.40. The van der Waals surface area contributed by atoms with Crippen LogP contribution in [0.25, 0.3) is 11.0 Å². The molecule has 1 atom stereocenters. The Bertz CT molecular complexity index is 776. The van der Waals surface area contributed by atoms with Gasteiger partial charge in [0.05, 0.1) is 12.3 Å². The van der Waals surface area contributed by atoms with E-state index < -0.39 is 0 Å². The van der Waals surface area contributed by atoms with E-state index >= 15 is 0 Å². The molecule has 1 amide bonds. The van der Waals surface area contributed by atoms with Gasteiger partial charge in [-0.3, -0.25) is 4.79 Å². The fourth-order valence-electron chi connectivity index (χ4n) is 2.98. The highest BCUT2D eigenvalue weighted by molar-refractivity contribution is 5.92. The number of para-hydroxylation sites is 1. The maximum Gasteiger partial charge on any atom is 0.290 e. The predicted molar refractivity (Wildman–Crippen MR) is 75.7 cm³/mol. The van der Waals surface area contributed by atoms with Crippen molar-refractivity contribution in [3.8, 4) is 0 Å². The first-order chi connectivity index (χ1) is 10.3. The van der Waals surface area contributed by atoms with Crippen molar-refractivity contribution in [3.63, 3.8) is 0 Å². The van der Waals surface area contributed by atoms with Crippen molar-refractivity contribution in [2.45, 2.75) is 18.9 Å². The smallest absolute Gasteiger partial charge is 0.290 e. The Labute approximate surface area is 121 Å². The number of aromatic nitrogens is 1. The molecule has 3 aromatic rings. The van der Waals surface area contributed by atoms with Crippen molar-refractivity contribution in [2.75, 3.05) is 6.54 Å². The number of furan rings is 1. The largest absolute Gasteiger partial charge is 0.459 e. The molecule has 106 valence electrons. The Kier molecular flexibility index (Phi) is 2.77. The van der Waals surface area contributed by atoms with Gasteiger partial charge in [0.2, 0.25) is 0 Å². The first-order valence-corrected chi connectivity index (χ1v) is 7.03. The number of rotatable bonds is 2. The van der Waals surface area contributed by atoms with Crippen LogP contribution in [-0.2, 0) is 0 Å². The summed E-state index contributed by atoms with van der Waals surface area (Å²) < 4.78 is 10.6. The molecule has 4 rings (SSSR count). The molecule has 21 heavy (non-hydrogen) atoms. The van der Waals surface area contributed by atoms with Crippen LogP contribution in [-0.4, -0.2) is 22.5 Å². The topological polar surface area (TPSA) is 59.5 Å². The van der Waals surface area contributed by atoms with Gasteiger partial charge in [0.1, 0.15) is 5.69 Å². The van der Waals surface area contributed by atoms with E-state index in [0.717, 1.165) is 29.5 Å². The molecule has 1 fully saturated rings. The first-order valence-electron chi connectivity index (χ1n) is 7.03. The molecule has 2 aromatic heterocycles. The minimum Gasteiger partial charge on any atom is -0.459 e. The van der Waals surface area contributed by atoms with E-state index in [1.54, 1.807) is 12.1 Å². The number of nitrogens with zero attached hydrogens (tertiary/aromatic N) is 2. The first kappa shape index (κ1) is 12.2. The molecule has 0 radical (unpaired) electrons. The van der Waals surface area contributed by atoms with Gasteiger partial charge in [0.25, 0.3) is 5.91 Å². The average Bonchev–Trinajstić information content (AvgIpc) is 3.25. The molecule has 0 unspecified atom stereocenters. The summed E-state index contributed by atoms with van der Waals surface area (Å²) in [5.41, 5.74) is 1.59. The van der Waals surface area contributed by atoms with Crippen LogP contribution >= 0.6 is 0 Å². The van der Waals surface area contributed by atoms with Gasteiger partial charge < -0.3 is 13.8 Å². The summed E-state index contributed by atoms with van der Waals surface area (Å²) in [4.78, 5) is 14.3. The van der Waals surface area contributed by atoms with Crippen molar-refractivity contribution >= 4 is 16.9 Å². The van der Waals surface area contributed by atoms with Gasteiger partial charge in [-0.25, -0.2) is 0 Å². The van der Waals surface area contributed by atoms with Crippen LogP contribution in [0.2, 0.25) is 0 Å². The lowest BCUT2D eigenvalue weighted by molar-refractivity contribution is 0.0699. The Balaban J connectivity index is 1.72. The van der Waals surface area contributed by atoms with Gasteiger partial charge in [-0.2, -0.15) is 0 Å². The summed E-state index contributed by atoms with van der Waals surface area (Å²) in [6, 6.07) is 11.1. The zero-order valence-corrected chi connectivity index (χ0v) is 11.4. The molecule has 0 spiro atoms. The van der Waals surface area contributed by atoms with Crippen molar-refractivity contribution in [2.24, 2.45) is 0 Å². The van der Waals surface area contributed by atoms with Gasteiger partial charge in [-0.1, -0.05) is 17.3 Å². The summed E-state index contributed by atoms with van der Waals surface area (Å²) in [7, 11) is 0. The Morgan fingerprint density at radius 2 is 2.14 bits per heavy atom. The second kappa shape index (κ2) is 4.77. The maximum atomic E-state index is 12.5. The minimum atomic E-state index is -0.0884. The van der Waals surface area contributed by atoms with Gasteiger partial charge in [-0.15, -0.1) is 0 Å². The van der Waals surface area contributed by atoms with E-state index in [1.165, 1.54) is 6.26 Å². The number of likely N-dealkylation sites (tertiary alicyclic amines) is 1. The van der Waals surface area contributed by atoms with Crippen LogP contribution in [0.15, 0.2) is 51.6 Å². The number of carbonyl (C=O) groups is 1. The zero-order valence-electron chi connectivity index (χ0n) is 11.4. The van der Waals surface area contributed by atoms with Crippen LogP contribution < -0.4 is 0 Å². The highest BCUT2D eigenvalue weighted by Gasteiger charge is 2.34. The standard InChI is InChI=1S/C16H14N2O3/c19-16(14-8-4-10-20-14)18-9-3-6-12(18)15-11-5-1-2-7-13(11)21-17-15/h1-2,4-5,7-8,10,12H,3,6,9H2/t12-/m1/s1. The zero-order chi connectivity index (χ0) is 14.2. The monoisotopic (exact) mass is 282 g/mol. The SMILES string of the molecule is O=C(c1ccco1)N1CCC[C@@H]1c1noc2ccccc12. The van der Waals surface area contributed by atoms with E-state index in [2.05, 4.69) is 5.16 Å². The number of hydrogen-bond donors (Lipinski definition) is 0. The van der Waals surface area contributed by atoms with Gasteiger partial charge in [0.15, 0.2) is 11.3 Å². The third-order valence-corrected chi connectivity index (χ3v) is 3.97. The minimum absolute atomic E-state index is 0.0498. The Hall–Kier alpha value is -2.56. The Morgan fingerprint density at radius 3 is 3.00 bits per heavy atom. The quantitative estimate of drug-likeness (QED) is 0.722.